The van der Waals surface area contributed by atoms with Crippen molar-refractivity contribution in [1.82, 2.24) is 10.2 Å². The average molecular weight is 396 g/mol. The zero-order chi connectivity index (χ0) is 20.6. The van der Waals surface area contributed by atoms with E-state index in [0.29, 0.717) is 25.4 Å². The summed E-state index contributed by atoms with van der Waals surface area (Å²) in [5.74, 6) is 0.182. The summed E-state index contributed by atoms with van der Waals surface area (Å²) in [5, 5.41) is 2.84. The number of hydrogen-bond acceptors (Lipinski definition) is 4. The first-order chi connectivity index (χ1) is 14.0. The van der Waals surface area contributed by atoms with E-state index in [0.717, 1.165) is 5.56 Å². The van der Waals surface area contributed by atoms with E-state index in [4.69, 9.17) is 9.47 Å². The largest absolute Gasteiger partial charge is 0.484 e. The Morgan fingerprint density at radius 3 is 2.41 bits per heavy atom. The van der Waals surface area contributed by atoms with E-state index >= 15 is 0 Å². The highest BCUT2D eigenvalue weighted by atomic mass is 16.5. The second-order valence-corrected chi connectivity index (χ2v) is 7.45. The number of morpholine rings is 1. The normalized spacial score (nSPS) is 17.6. The van der Waals surface area contributed by atoms with Gasteiger partial charge in [0.05, 0.1) is 13.2 Å². The number of rotatable bonds is 7. The van der Waals surface area contributed by atoms with E-state index < -0.39 is 6.04 Å². The van der Waals surface area contributed by atoms with Crippen molar-refractivity contribution >= 4 is 11.8 Å². The Bertz CT molecular complexity index is 795. The van der Waals surface area contributed by atoms with Crippen molar-refractivity contribution in [3.8, 4) is 5.75 Å². The zero-order valence-corrected chi connectivity index (χ0v) is 16.9. The van der Waals surface area contributed by atoms with Crippen molar-refractivity contribution in [3.63, 3.8) is 0 Å². The molecule has 2 aromatic rings. The number of hydrogen-bond donors (Lipinski definition) is 1. The van der Waals surface area contributed by atoms with E-state index in [1.165, 1.54) is 0 Å². The molecule has 1 aliphatic rings. The van der Waals surface area contributed by atoms with Gasteiger partial charge in [-0.15, -0.1) is 0 Å². The summed E-state index contributed by atoms with van der Waals surface area (Å²) in [6.07, 6.45) is -0.154. The molecular formula is C23H28N2O4. The van der Waals surface area contributed by atoms with Crippen LogP contribution in [0, 0.1) is 5.92 Å². The fourth-order valence-corrected chi connectivity index (χ4v) is 3.31. The third kappa shape index (κ3) is 5.81. The van der Waals surface area contributed by atoms with Gasteiger partial charge in [0, 0.05) is 6.54 Å². The van der Waals surface area contributed by atoms with Gasteiger partial charge in [0.2, 0.25) is 5.91 Å². The Balaban J connectivity index is 1.59. The molecule has 1 aliphatic heterocycles. The molecular weight excluding hydrogens is 368 g/mol. The monoisotopic (exact) mass is 396 g/mol. The highest BCUT2D eigenvalue weighted by molar-refractivity contribution is 5.88. The lowest BCUT2D eigenvalue weighted by atomic mass is 10.0. The summed E-state index contributed by atoms with van der Waals surface area (Å²) in [6.45, 7) is 5.19. The fourth-order valence-electron chi connectivity index (χ4n) is 3.31. The first-order valence-corrected chi connectivity index (χ1v) is 9.97. The molecule has 2 unspecified atom stereocenters. The van der Waals surface area contributed by atoms with E-state index in [9.17, 15) is 9.59 Å². The smallest absolute Gasteiger partial charge is 0.258 e. The van der Waals surface area contributed by atoms with Crippen molar-refractivity contribution in [2.75, 3.05) is 26.3 Å². The molecule has 0 saturated carbocycles. The fraction of sp³-hybridized carbons (Fsp3) is 0.391. The summed E-state index contributed by atoms with van der Waals surface area (Å²) in [4.78, 5) is 27.3. The van der Waals surface area contributed by atoms with Crippen LogP contribution < -0.4 is 10.1 Å². The molecule has 6 heteroatoms. The molecule has 1 saturated heterocycles. The quantitative estimate of drug-likeness (QED) is 0.782. The van der Waals surface area contributed by atoms with Crippen molar-refractivity contribution in [1.29, 1.82) is 0 Å². The number of nitrogens with one attached hydrogen (secondary N) is 1. The van der Waals surface area contributed by atoms with Crippen molar-refractivity contribution in [3.05, 3.63) is 66.2 Å². The molecule has 1 N–H and O–H groups in total. The number of carbonyl (C=O) groups is 2. The summed E-state index contributed by atoms with van der Waals surface area (Å²) in [6, 6.07) is 18.4. The van der Waals surface area contributed by atoms with Crippen LogP contribution in [0.4, 0.5) is 0 Å². The maximum atomic E-state index is 13.1. The third-order valence-electron chi connectivity index (χ3n) is 4.91. The van der Waals surface area contributed by atoms with Crippen LogP contribution in [-0.4, -0.2) is 49.1 Å². The van der Waals surface area contributed by atoms with Gasteiger partial charge in [-0.05, 0) is 23.6 Å². The molecule has 2 aromatic carbocycles. The Morgan fingerprint density at radius 1 is 1.10 bits per heavy atom. The molecule has 3 rings (SSSR count). The predicted octanol–water partition coefficient (Wildman–Crippen LogP) is 2.81. The lowest BCUT2D eigenvalue weighted by Gasteiger charge is -2.36. The van der Waals surface area contributed by atoms with E-state index in [1.54, 1.807) is 17.0 Å². The molecule has 0 aliphatic carbocycles. The molecule has 2 amide bonds. The van der Waals surface area contributed by atoms with Crippen LogP contribution in [0.1, 0.15) is 25.5 Å². The van der Waals surface area contributed by atoms with Gasteiger partial charge in [-0.1, -0.05) is 62.4 Å². The third-order valence-corrected chi connectivity index (χ3v) is 4.91. The lowest BCUT2D eigenvalue weighted by Crippen LogP contribution is -2.54. The van der Waals surface area contributed by atoms with Gasteiger partial charge in [-0.2, -0.15) is 0 Å². The van der Waals surface area contributed by atoms with Gasteiger partial charge >= 0.3 is 0 Å². The summed E-state index contributed by atoms with van der Waals surface area (Å²) in [5.41, 5.74) is 1.05. The van der Waals surface area contributed by atoms with Gasteiger partial charge < -0.3 is 19.7 Å². The molecule has 6 nitrogen and oxygen atoms in total. The molecule has 1 fully saturated rings. The van der Waals surface area contributed by atoms with Crippen LogP contribution in [-0.2, 0) is 14.3 Å². The molecule has 1 heterocycles. The summed E-state index contributed by atoms with van der Waals surface area (Å²) < 4.78 is 11.3. The molecule has 0 radical (unpaired) electrons. The topological polar surface area (TPSA) is 67.9 Å². The first kappa shape index (κ1) is 20.9. The maximum absolute atomic E-state index is 13.1. The van der Waals surface area contributed by atoms with Gasteiger partial charge in [0.25, 0.3) is 5.91 Å². The molecule has 154 valence electrons. The highest BCUT2D eigenvalue weighted by Crippen LogP contribution is 2.23. The first-order valence-electron chi connectivity index (χ1n) is 9.97. The molecule has 29 heavy (non-hydrogen) atoms. The van der Waals surface area contributed by atoms with Crippen LogP contribution in [0.5, 0.6) is 5.75 Å². The van der Waals surface area contributed by atoms with Crippen LogP contribution >= 0.6 is 0 Å². The Labute approximate surface area is 171 Å². The lowest BCUT2D eigenvalue weighted by molar-refractivity contribution is -0.144. The molecule has 0 aromatic heterocycles. The van der Waals surface area contributed by atoms with Crippen LogP contribution in [0.2, 0.25) is 0 Å². The van der Waals surface area contributed by atoms with Crippen LogP contribution in [0.3, 0.4) is 0 Å². The van der Waals surface area contributed by atoms with E-state index in [1.807, 2.05) is 62.4 Å². The number of nitrogens with zero attached hydrogens (tertiary/aromatic N) is 1. The summed E-state index contributed by atoms with van der Waals surface area (Å²) >= 11 is 0. The van der Waals surface area contributed by atoms with Gasteiger partial charge in [-0.3, -0.25) is 9.59 Å². The number of para-hydroxylation sites is 1. The van der Waals surface area contributed by atoms with Gasteiger partial charge in [0.1, 0.15) is 17.9 Å². The van der Waals surface area contributed by atoms with Gasteiger partial charge in [-0.25, -0.2) is 0 Å². The zero-order valence-electron chi connectivity index (χ0n) is 16.9. The standard InChI is InChI=1S/C23H28N2O4/c1-17(2)22(24-21(26)16-29-19-11-7-4-8-12-19)23(27)25-13-14-28-20(15-25)18-9-5-3-6-10-18/h3-12,17,20,22H,13-16H2,1-2H3,(H,24,26). The maximum Gasteiger partial charge on any atom is 0.258 e. The SMILES string of the molecule is CC(C)C(NC(=O)COc1ccccc1)C(=O)N1CCOC(c2ccccc2)C1. The summed E-state index contributed by atoms with van der Waals surface area (Å²) in [7, 11) is 0. The molecule has 2 atom stereocenters. The minimum Gasteiger partial charge on any atom is -0.484 e. The Kier molecular flexibility index (Phi) is 7.25. The molecule has 0 bridgehead atoms. The van der Waals surface area contributed by atoms with Gasteiger partial charge in [0.15, 0.2) is 6.61 Å². The number of amides is 2. The second-order valence-electron chi connectivity index (χ2n) is 7.45. The van der Waals surface area contributed by atoms with Crippen LogP contribution in [0.25, 0.3) is 0 Å². The predicted molar refractivity (Wildman–Crippen MR) is 110 cm³/mol. The highest BCUT2D eigenvalue weighted by Gasteiger charge is 2.32. The second kappa shape index (κ2) is 10.1. The molecule has 0 spiro atoms. The average Bonchev–Trinajstić information content (AvgIpc) is 2.77. The van der Waals surface area contributed by atoms with E-state index in [2.05, 4.69) is 5.32 Å². The Hall–Kier alpha value is -2.86. The Morgan fingerprint density at radius 2 is 1.76 bits per heavy atom. The van der Waals surface area contributed by atoms with Crippen molar-refractivity contribution < 1.29 is 19.1 Å². The number of benzene rings is 2. The number of carbonyl (C=O) groups excluding carboxylic acids is 2. The van der Waals surface area contributed by atoms with Crippen LogP contribution in [0.15, 0.2) is 60.7 Å². The minimum atomic E-state index is -0.601. The van der Waals surface area contributed by atoms with E-state index in [-0.39, 0.29) is 30.4 Å². The number of ether oxygens (including phenoxy) is 2. The van der Waals surface area contributed by atoms with Crippen molar-refractivity contribution in [2.45, 2.75) is 26.0 Å². The van der Waals surface area contributed by atoms with Crippen molar-refractivity contribution in [2.24, 2.45) is 5.92 Å². The minimum absolute atomic E-state index is 0.0406.